The molecule has 0 aliphatic rings. The zero-order chi connectivity index (χ0) is 21.7. The molecule has 0 fully saturated rings. The molecule has 2 aromatic heterocycles. The molecule has 0 unspecified atom stereocenters. The van der Waals surface area contributed by atoms with Crippen LogP contribution in [-0.4, -0.2) is 21.6 Å². The quantitative estimate of drug-likeness (QED) is 0.644. The molecule has 0 aliphatic carbocycles. The number of nitriles is 1. The topological polar surface area (TPSA) is 130 Å². The van der Waals surface area contributed by atoms with Gasteiger partial charge in [-0.15, -0.1) is 0 Å². The van der Waals surface area contributed by atoms with E-state index in [1.165, 1.54) is 6.26 Å². The molecule has 3 aromatic rings. The summed E-state index contributed by atoms with van der Waals surface area (Å²) in [6.07, 6.45) is 1.51. The number of amides is 2. The summed E-state index contributed by atoms with van der Waals surface area (Å²) in [4.78, 5) is 37.4. The van der Waals surface area contributed by atoms with E-state index in [4.69, 9.17) is 4.42 Å². The fraction of sp³-hybridized carbons (Fsp3) is 0.190. The van der Waals surface area contributed by atoms with Crippen LogP contribution in [0.2, 0.25) is 0 Å². The summed E-state index contributed by atoms with van der Waals surface area (Å²) in [5.74, 6) is -0.350. The smallest absolute Gasteiger partial charge is 0.285 e. The van der Waals surface area contributed by atoms with E-state index >= 15 is 0 Å². The van der Waals surface area contributed by atoms with Gasteiger partial charge in [0, 0.05) is 0 Å². The summed E-state index contributed by atoms with van der Waals surface area (Å²) >= 11 is 0. The van der Waals surface area contributed by atoms with E-state index in [2.05, 4.69) is 15.7 Å². The Morgan fingerprint density at radius 3 is 2.67 bits per heavy atom. The first kappa shape index (κ1) is 20.5. The standard InChI is InChI=1S/C21H19N5O4/c1-13-14(2)25-26(21(29)17(13)10-22)12-19(27)24-18-8-4-3-7-16(18)20(28)23-11-15-6-5-9-30-15/h3-9H,11-12H2,1-2H3,(H,23,28)(H,24,27). The number of carbonyl (C=O) groups is 2. The van der Waals surface area contributed by atoms with Gasteiger partial charge in [-0.1, -0.05) is 12.1 Å². The molecule has 2 heterocycles. The zero-order valence-electron chi connectivity index (χ0n) is 16.4. The van der Waals surface area contributed by atoms with Crippen LogP contribution in [0.25, 0.3) is 0 Å². The minimum Gasteiger partial charge on any atom is -0.467 e. The van der Waals surface area contributed by atoms with Crippen molar-refractivity contribution in [3.05, 3.63) is 81.2 Å². The number of nitrogens with zero attached hydrogens (tertiary/aromatic N) is 3. The minimum atomic E-state index is -0.639. The fourth-order valence-electron chi connectivity index (χ4n) is 2.80. The monoisotopic (exact) mass is 405 g/mol. The number of anilines is 1. The van der Waals surface area contributed by atoms with Crippen molar-refractivity contribution < 1.29 is 14.0 Å². The fourth-order valence-corrected chi connectivity index (χ4v) is 2.80. The highest BCUT2D eigenvalue weighted by Crippen LogP contribution is 2.15. The second-order valence-electron chi connectivity index (χ2n) is 6.52. The van der Waals surface area contributed by atoms with Crippen LogP contribution < -0.4 is 16.2 Å². The van der Waals surface area contributed by atoms with Crippen molar-refractivity contribution in [2.45, 2.75) is 26.9 Å². The van der Waals surface area contributed by atoms with E-state index in [1.807, 2.05) is 6.07 Å². The lowest BCUT2D eigenvalue weighted by Gasteiger charge is -2.12. The van der Waals surface area contributed by atoms with Gasteiger partial charge in [0.15, 0.2) is 0 Å². The summed E-state index contributed by atoms with van der Waals surface area (Å²) < 4.78 is 6.12. The molecule has 0 atom stereocenters. The maximum absolute atomic E-state index is 12.5. The van der Waals surface area contributed by atoms with E-state index in [9.17, 15) is 19.6 Å². The van der Waals surface area contributed by atoms with Crippen molar-refractivity contribution in [3.63, 3.8) is 0 Å². The molecule has 0 spiro atoms. The van der Waals surface area contributed by atoms with Gasteiger partial charge in [0.25, 0.3) is 11.5 Å². The van der Waals surface area contributed by atoms with Crippen LogP contribution in [0.4, 0.5) is 5.69 Å². The summed E-state index contributed by atoms with van der Waals surface area (Å²) in [6.45, 7) is 3.09. The number of aryl methyl sites for hydroxylation is 1. The lowest BCUT2D eigenvalue weighted by atomic mass is 10.1. The predicted molar refractivity (Wildman–Crippen MR) is 108 cm³/mol. The van der Waals surface area contributed by atoms with Gasteiger partial charge in [-0.3, -0.25) is 14.4 Å². The number of aromatic nitrogens is 2. The normalized spacial score (nSPS) is 10.3. The first-order valence-electron chi connectivity index (χ1n) is 9.08. The predicted octanol–water partition coefficient (Wildman–Crippen LogP) is 1.89. The Morgan fingerprint density at radius 1 is 1.20 bits per heavy atom. The van der Waals surface area contributed by atoms with Crippen molar-refractivity contribution in [2.24, 2.45) is 0 Å². The van der Waals surface area contributed by atoms with E-state index in [-0.39, 0.29) is 23.4 Å². The molecule has 2 amide bonds. The highest BCUT2D eigenvalue weighted by atomic mass is 16.3. The summed E-state index contributed by atoms with van der Waals surface area (Å²) in [7, 11) is 0. The van der Waals surface area contributed by atoms with Gasteiger partial charge in [-0.2, -0.15) is 10.4 Å². The van der Waals surface area contributed by atoms with Crippen LogP contribution in [0, 0.1) is 25.2 Å². The van der Waals surface area contributed by atoms with Crippen LogP contribution in [0.15, 0.2) is 51.9 Å². The lowest BCUT2D eigenvalue weighted by molar-refractivity contribution is -0.117. The average Bonchev–Trinajstić information content (AvgIpc) is 3.25. The average molecular weight is 405 g/mol. The third-order valence-corrected chi connectivity index (χ3v) is 4.49. The van der Waals surface area contributed by atoms with Crippen molar-refractivity contribution in [1.82, 2.24) is 15.1 Å². The largest absolute Gasteiger partial charge is 0.467 e. The number of benzene rings is 1. The zero-order valence-corrected chi connectivity index (χ0v) is 16.4. The molecule has 1 aromatic carbocycles. The molecular formula is C21H19N5O4. The summed E-state index contributed by atoms with van der Waals surface area (Å²) in [5.41, 5.74) is 0.829. The van der Waals surface area contributed by atoms with Crippen molar-refractivity contribution in [2.75, 3.05) is 5.32 Å². The Morgan fingerprint density at radius 2 is 1.97 bits per heavy atom. The second-order valence-corrected chi connectivity index (χ2v) is 6.52. The van der Waals surface area contributed by atoms with E-state index in [1.54, 1.807) is 50.2 Å². The van der Waals surface area contributed by atoms with E-state index < -0.39 is 23.9 Å². The van der Waals surface area contributed by atoms with Crippen LogP contribution in [0.1, 0.15) is 32.9 Å². The molecule has 0 saturated carbocycles. The third-order valence-electron chi connectivity index (χ3n) is 4.49. The molecule has 2 N–H and O–H groups in total. The second kappa shape index (κ2) is 8.87. The Balaban J connectivity index is 1.75. The van der Waals surface area contributed by atoms with Gasteiger partial charge in [0.1, 0.15) is 23.9 Å². The number of nitrogens with one attached hydrogen (secondary N) is 2. The summed E-state index contributed by atoms with van der Waals surface area (Å²) in [5, 5.41) is 18.6. The van der Waals surface area contributed by atoms with Gasteiger partial charge in [-0.05, 0) is 43.7 Å². The van der Waals surface area contributed by atoms with Crippen LogP contribution in [0.5, 0.6) is 0 Å². The number of carbonyl (C=O) groups excluding carboxylic acids is 2. The van der Waals surface area contributed by atoms with Crippen LogP contribution >= 0.6 is 0 Å². The molecule has 0 radical (unpaired) electrons. The van der Waals surface area contributed by atoms with Crippen LogP contribution in [-0.2, 0) is 17.9 Å². The Bertz CT molecular complexity index is 1190. The minimum absolute atomic E-state index is 0.0481. The molecule has 30 heavy (non-hydrogen) atoms. The number of hydrogen-bond donors (Lipinski definition) is 2. The molecule has 9 nitrogen and oxygen atoms in total. The molecule has 3 rings (SSSR count). The Hall–Kier alpha value is -4.19. The molecular weight excluding hydrogens is 386 g/mol. The highest BCUT2D eigenvalue weighted by Gasteiger charge is 2.16. The Kier molecular flexibility index (Phi) is 6.08. The molecule has 9 heteroatoms. The summed E-state index contributed by atoms with van der Waals surface area (Å²) in [6, 6.07) is 11.8. The van der Waals surface area contributed by atoms with Crippen molar-refractivity contribution in [1.29, 1.82) is 5.26 Å². The maximum Gasteiger partial charge on any atom is 0.285 e. The number of furan rings is 1. The molecule has 152 valence electrons. The SMILES string of the molecule is Cc1nn(CC(=O)Nc2ccccc2C(=O)NCc2ccco2)c(=O)c(C#N)c1C. The van der Waals surface area contributed by atoms with E-state index in [0.29, 0.717) is 17.0 Å². The van der Waals surface area contributed by atoms with Gasteiger partial charge in [0.2, 0.25) is 5.91 Å². The van der Waals surface area contributed by atoms with Gasteiger partial charge in [-0.25, -0.2) is 4.68 Å². The van der Waals surface area contributed by atoms with E-state index in [0.717, 1.165) is 4.68 Å². The van der Waals surface area contributed by atoms with Gasteiger partial charge >= 0.3 is 0 Å². The maximum atomic E-state index is 12.5. The lowest BCUT2D eigenvalue weighted by Crippen LogP contribution is -2.33. The molecule has 0 bridgehead atoms. The first-order chi connectivity index (χ1) is 14.4. The number of para-hydroxylation sites is 1. The molecule has 0 aliphatic heterocycles. The Labute approximate surface area is 171 Å². The van der Waals surface area contributed by atoms with Crippen molar-refractivity contribution >= 4 is 17.5 Å². The number of rotatable bonds is 6. The molecule has 0 saturated heterocycles. The van der Waals surface area contributed by atoms with Gasteiger partial charge in [0.05, 0.1) is 29.8 Å². The van der Waals surface area contributed by atoms with Gasteiger partial charge < -0.3 is 15.1 Å². The first-order valence-corrected chi connectivity index (χ1v) is 9.08. The number of hydrogen-bond acceptors (Lipinski definition) is 6. The third kappa shape index (κ3) is 4.44. The van der Waals surface area contributed by atoms with Crippen molar-refractivity contribution in [3.8, 4) is 6.07 Å². The van der Waals surface area contributed by atoms with Crippen LogP contribution in [0.3, 0.4) is 0 Å². The highest BCUT2D eigenvalue weighted by molar-refractivity contribution is 6.03.